The molecule has 0 spiro atoms. The molecule has 0 unspecified atom stereocenters. The predicted molar refractivity (Wildman–Crippen MR) is 92.3 cm³/mol. The Labute approximate surface area is 144 Å². The van der Waals surface area contributed by atoms with Gasteiger partial charge in [0.2, 0.25) is 0 Å². The molecule has 1 heterocycles. The molecule has 0 saturated heterocycles. The van der Waals surface area contributed by atoms with Gasteiger partial charge in [0, 0.05) is 28.9 Å². The molecule has 1 N–H and O–H groups in total. The molecule has 0 aliphatic heterocycles. The first-order chi connectivity index (χ1) is 11.6. The quantitative estimate of drug-likeness (QED) is 0.761. The minimum atomic E-state index is -0.300. The number of pyridine rings is 1. The van der Waals surface area contributed by atoms with Crippen LogP contribution in [0.2, 0.25) is 5.02 Å². The normalized spacial score (nSPS) is 10.4. The number of nitrogens with one attached hydrogen (secondary N) is 1. The van der Waals surface area contributed by atoms with Crippen molar-refractivity contribution in [3.63, 3.8) is 0 Å². The lowest BCUT2D eigenvalue weighted by Crippen LogP contribution is -2.23. The summed E-state index contributed by atoms with van der Waals surface area (Å²) in [5.41, 5.74) is 2.85. The van der Waals surface area contributed by atoms with Crippen LogP contribution < -0.4 is 5.32 Å². The van der Waals surface area contributed by atoms with Crippen molar-refractivity contribution < 1.29 is 9.18 Å². The van der Waals surface area contributed by atoms with Crippen molar-refractivity contribution in [2.75, 3.05) is 0 Å². The number of rotatable bonds is 4. The highest BCUT2D eigenvalue weighted by molar-refractivity contribution is 6.30. The molecule has 0 saturated carbocycles. The third-order valence-electron chi connectivity index (χ3n) is 3.54. The Balaban J connectivity index is 1.78. The first kappa shape index (κ1) is 16.1. The van der Waals surface area contributed by atoms with Crippen LogP contribution in [0.1, 0.15) is 15.9 Å². The van der Waals surface area contributed by atoms with Crippen molar-refractivity contribution in [1.82, 2.24) is 10.3 Å². The Morgan fingerprint density at radius 2 is 1.88 bits per heavy atom. The molecule has 3 rings (SSSR count). The summed E-state index contributed by atoms with van der Waals surface area (Å²) in [5.74, 6) is -0.517. The maximum Gasteiger partial charge on any atom is 0.251 e. The molecule has 0 bridgehead atoms. The monoisotopic (exact) mass is 340 g/mol. The average molecular weight is 341 g/mol. The molecule has 0 aliphatic rings. The molecule has 1 aromatic heterocycles. The molecule has 0 fully saturated rings. The van der Waals surface area contributed by atoms with E-state index in [-0.39, 0.29) is 11.7 Å². The van der Waals surface area contributed by atoms with E-state index in [0.717, 1.165) is 11.1 Å². The number of benzene rings is 2. The number of halogens is 2. The Morgan fingerprint density at radius 1 is 1.08 bits per heavy atom. The zero-order valence-electron chi connectivity index (χ0n) is 12.7. The first-order valence-corrected chi connectivity index (χ1v) is 7.75. The maximum atomic E-state index is 13.1. The molecule has 120 valence electrons. The Morgan fingerprint density at radius 3 is 2.62 bits per heavy atom. The summed E-state index contributed by atoms with van der Waals surface area (Å²) in [5, 5.41) is 3.36. The number of hydrogen-bond acceptors (Lipinski definition) is 2. The topological polar surface area (TPSA) is 42.0 Å². The molecule has 0 aliphatic carbocycles. The molecule has 1 amide bonds. The number of nitrogens with zero attached hydrogens (tertiary/aromatic N) is 1. The highest BCUT2D eigenvalue weighted by atomic mass is 35.5. The standard InChI is InChI=1S/C19H14ClFN2O/c20-16-5-1-3-14(11-16)19(24)23-12-15-4-2-10-22-18(15)13-6-8-17(21)9-7-13/h1-11H,12H2,(H,23,24). The second-order valence-electron chi connectivity index (χ2n) is 5.21. The van der Waals surface area contributed by atoms with E-state index in [1.165, 1.54) is 12.1 Å². The summed E-state index contributed by atoms with van der Waals surface area (Å²) in [6.45, 7) is 0.311. The van der Waals surface area contributed by atoms with Gasteiger partial charge in [0.1, 0.15) is 5.82 Å². The van der Waals surface area contributed by atoms with Gasteiger partial charge in [-0.1, -0.05) is 23.7 Å². The minimum absolute atomic E-state index is 0.216. The Kier molecular flexibility index (Phi) is 4.87. The average Bonchev–Trinajstić information content (AvgIpc) is 2.61. The first-order valence-electron chi connectivity index (χ1n) is 7.37. The second kappa shape index (κ2) is 7.23. The van der Waals surface area contributed by atoms with Crippen molar-refractivity contribution in [3.05, 3.63) is 88.8 Å². The van der Waals surface area contributed by atoms with Gasteiger partial charge in [-0.2, -0.15) is 0 Å². The van der Waals surface area contributed by atoms with Crippen LogP contribution in [-0.2, 0) is 6.54 Å². The Bertz CT molecular complexity index is 865. The fourth-order valence-electron chi connectivity index (χ4n) is 2.36. The fraction of sp³-hybridized carbons (Fsp3) is 0.0526. The van der Waals surface area contributed by atoms with E-state index in [1.807, 2.05) is 6.07 Å². The van der Waals surface area contributed by atoms with E-state index in [9.17, 15) is 9.18 Å². The number of hydrogen-bond donors (Lipinski definition) is 1. The predicted octanol–water partition coefficient (Wildman–Crippen LogP) is 4.47. The van der Waals surface area contributed by atoms with Crippen LogP contribution in [0.5, 0.6) is 0 Å². The largest absolute Gasteiger partial charge is 0.348 e. The van der Waals surface area contributed by atoms with E-state index in [4.69, 9.17) is 11.6 Å². The van der Waals surface area contributed by atoms with Crippen LogP contribution in [0.3, 0.4) is 0 Å². The molecule has 0 atom stereocenters. The SMILES string of the molecule is O=C(NCc1cccnc1-c1ccc(F)cc1)c1cccc(Cl)c1. The second-order valence-corrected chi connectivity index (χ2v) is 5.65. The summed E-state index contributed by atoms with van der Waals surface area (Å²) in [6, 6.07) is 16.5. The number of amides is 1. The third-order valence-corrected chi connectivity index (χ3v) is 3.77. The van der Waals surface area contributed by atoms with Crippen molar-refractivity contribution in [2.24, 2.45) is 0 Å². The lowest BCUT2D eigenvalue weighted by molar-refractivity contribution is 0.0951. The van der Waals surface area contributed by atoms with Crippen LogP contribution >= 0.6 is 11.6 Å². The van der Waals surface area contributed by atoms with E-state index in [2.05, 4.69) is 10.3 Å². The molecule has 0 radical (unpaired) electrons. The van der Waals surface area contributed by atoms with Gasteiger partial charge in [-0.25, -0.2) is 4.39 Å². The van der Waals surface area contributed by atoms with Gasteiger partial charge < -0.3 is 5.32 Å². The lowest BCUT2D eigenvalue weighted by atomic mass is 10.1. The molecular formula is C19H14ClFN2O. The summed E-state index contributed by atoms with van der Waals surface area (Å²) >= 11 is 5.90. The molecule has 2 aromatic carbocycles. The van der Waals surface area contributed by atoms with Gasteiger partial charge in [0.15, 0.2) is 0 Å². The highest BCUT2D eigenvalue weighted by Gasteiger charge is 2.10. The number of aromatic nitrogens is 1. The van der Waals surface area contributed by atoms with Crippen molar-refractivity contribution >= 4 is 17.5 Å². The van der Waals surface area contributed by atoms with E-state index in [1.54, 1.807) is 48.7 Å². The van der Waals surface area contributed by atoms with Crippen molar-refractivity contribution in [1.29, 1.82) is 0 Å². The maximum absolute atomic E-state index is 13.1. The van der Waals surface area contributed by atoms with Gasteiger partial charge in [-0.3, -0.25) is 9.78 Å². The van der Waals surface area contributed by atoms with Crippen LogP contribution in [0, 0.1) is 5.82 Å². The molecule has 5 heteroatoms. The van der Waals surface area contributed by atoms with Gasteiger partial charge >= 0.3 is 0 Å². The zero-order chi connectivity index (χ0) is 16.9. The third kappa shape index (κ3) is 3.78. The molecule has 3 nitrogen and oxygen atoms in total. The molecule has 24 heavy (non-hydrogen) atoms. The Hall–Kier alpha value is -2.72. The van der Waals surface area contributed by atoms with E-state index >= 15 is 0 Å². The van der Waals surface area contributed by atoms with Crippen molar-refractivity contribution in [3.8, 4) is 11.3 Å². The molecule has 3 aromatic rings. The van der Waals surface area contributed by atoms with Gasteiger partial charge in [-0.05, 0) is 54.1 Å². The summed E-state index contributed by atoms with van der Waals surface area (Å²) in [7, 11) is 0. The minimum Gasteiger partial charge on any atom is -0.348 e. The van der Waals surface area contributed by atoms with Crippen molar-refractivity contribution in [2.45, 2.75) is 6.54 Å². The zero-order valence-corrected chi connectivity index (χ0v) is 13.4. The summed E-state index contributed by atoms with van der Waals surface area (Å²) in [4.78, 5) is 16.6. The van der Waals surface area contributed by atoms with Crippen LogP contribution in [-0.4, -0.2) is 10.9 Å². The van der Waals surface area contributed by atoms with Crippen LogP contribution in [0.15, 0.2) is 66.9 Å². The highest BCUT2D eigenvalue weighted by Crippen LogP contribution is 2.21. The summed E-state index contributed by atoms with van der Waals surface area (Å²) < 4.78 is 13.1. The van der Waals surface area contributed by atoms with Crippen LogP contribution in [0.25, 0.3) is 11.3 Å². The van der Waals surface area contributed by atoms with Crippen LogP contribution in [0.4, 0.5) is 4.39 Å². The van der Waals surface area contributed by atoms with Gasteiger partial charge in [0.25, 0.3) is 5.91 Å². The van der Waals surface area contributed by atoms with Gasteiger partial charge in [0.05, 0.1) is 5.69 Å². The molecular weight excluding hydrogens is 327 g/mol. The fourth-order valence-corrected chi connectivity index (χ4v) is 2.55. The number of carbonyl (C=O) groups is 1. The number of carbonyl (C=O) groups excluding carboxylic acids is 1. The lowest BCUT2D eigenvalue weighted by Gasteiger charge is -2.10. The summed E-state index contributed by atoms with van der Waals surface area (Å²) in [6.07, 6.45) is 1.67. The van der Waals surface area contributed by atoms with Gasteiger partial charge in [-0.15, -0.1) is 0 Å². The van der Waals surface area contributed by atoms with E-state index < -0.39 is 0 Å². The van der Waals surface area contributed by atoms with E-state index in [0.29, 0.717) is 22.8 Å². The smallest absolute Gasteiger partial charge is 0.251 e.